The van der Waals surface area contributed by atoms with Crippen molar-refractivity contribution in [1.82, 2.24) is 4.90 Å². The van der Waals surface area contributed by atoms with Crippen LogP contribution in [-0.2, 0) is 0 Å². The number of furan rings is 1. The fraction of sp³-hybridized carbons (Fsp3) is 0.455. The Morgan fingerprint density at radius 1 is 1.67 bits per heavy atom. The molecule has 0 bridgehead atoms. The van der Waals surface area contributed by atoms with Crippen molar-refractivity contribution in [2.45, 2.75) is 20.3 Å². The van der Waals surface area contributed by atoms with Gasteiger partial charge in [-0.25, -0.2) is 0 Å². The Kier molecular flexibility index (Phi) is 3.92. The third kappa shape index (κ3) is 2.59. The Bertz CT molecular complexity index is 376. The summed E-state index contributed by atoms with van der Waals surface area (Å²) in [6.45, 7) is 4.43. The number of nitrogens with zero attached hydrogens (tertiary/aromatic N) is 2. The van der Waals surface area contributed by atoms with Crippen molar-refractivity contribution in [3.8, 4) is 6.07 Å². The molecule has 1 aromatic heterocycles. The second-order valence-electron chi connectivity index (χ2n) is 3.28. The second kappa shape index (κ2) is 5.20. The first-order chi connectivity index (χ1) is 7.20. The molecule has 0 radical (unpaired) electrons. The highest BCUT2D eigenvalue weighted by Gasteiger charge is 2.17. The summed E-state index contributed by atoms with van der Waals surface area (Å²) in [5.74, 6) is 0.462. The van der Waals surface area contributed by atoms with E-state index < -0.39 is 0 Å². The van der Waals surface area contributed by atoms with Gasteiger partial charge in [0.1, 0.15) is 12.3 Å². The van der Waals surface area contributed by atoms with Crippen molar-refractivity contribution in [2.75, 3.05) is 13.1 Å². The first kappa shape index (κ1) is 11.3. The van der Waals surface area contributed by atoms with Crippen molar-refractivity contribution in [1.29, 1.82) is 5.26 Å². The third-order valence-corrected chi connectivity index (χ3v) is 2.13. The molecule has 0 saturated heterocycles. The lowest BCUT2D eigenvalue weighted by molar-refractivity contribution is 0.0774. The molecule has 15 heavy (non-hydrogen) atoms. The molecule has 1 heterocycles. The van der Waals surface area contributed by atoms with Crippen molar-refractivity contribution in [3.05, 3.63) is 23.7 Å². The van der Waals surface area contributed by atoms with Crippen molar-refractivity contribution in [2.24, 2.45) is 0 Å². The molecule has 4 nitrogen and oxygen atoms in total. The second-order valence-corrected chi connectivity index (χ2v) is 3.28. The molecule has 0 aliphatic heterocycles. The lowest BCUT2D eigenvalue weighted by Gasteiger charge is -2.17. The van der Waals surface area contributed by atoms with Crippen LogP contribution in [0, 0.1) is 18.3 Å². The summed E-state index contributed by atoms with van der Waals surface area (Å²) in [4.78, 5) is 13.4. The van der Waals surface area contributed by atoms with E-state index in [0.29, 0.717) is 17.9 Å². The van der Waals surface area contributed by atoms with Gasteiger partial charge in [-0.3, -0.25) is 4.79 Å². The van der Waals surface area contributed by atoms with E-state index in [9.17, 15) is 4.79 Å². The molecule has 0 N–H and O–H groups in total. The van der Waals surface area contributed by atoms with Gasteiger partial charge in [0.25, 0.3) is 5.91 Å². The number of rotatable bonds is 4. The minimum atomic E-state index is -0.135. The lowest BCUT2D eigenvalue weighted by atomic mass is 10.2. The van der Waals surface area contributed by atoms with Crippen LogP contribution in [0.15, 0.2) is 16.7 Å². The molecule has 0 fully saturated rings. The molecule has 1 rings (SSSR count). The van der Waals surface area contributed by atoms with Crippen LogP contribution in [0.1, 0.15) is 29.5 Å². The normalized spacial score (nSPS) is 9.67. The minimum Gasteiger partial charge on any atom is -0.469 e. The molecule has 4 heteroatoms. The number of hydrogen-bond acceptors (Lipinski definition) is 3. The maximum absolute atomic E-state index is 11.9. The van der Waals surface area contributed by atoms with E-state index in [4.69, 9.17) is 9.68 Å². The highest BCUT2D eigenvalue weighted by atomic mass is 16.3. The molecule has 0 spiro atoms. The lowest BCUT2D eigenvalue weighted by Crippen LogP contribution is -2.32. The van der Waals surface area contributed by atoms with E-state index in [0.717, 1.165) is 6.42 Å². The monoisotopic (exact) mass is 206 g/mol. The van der Waals surface area contributed by atoms with Crippen molar-refractivity contribution in [3.63, 3.8) is 0 Å². The highest BCUT2D eigenvalue weighted by Crippen LogP contribution is 2.12. The number of aryl methyl sites for hydroxylation is 1. The van der Waals surface area contributed by atoms with Crippen molar-refractivity contribution >= 4 is 5.91 Å². The average molecular weight is 206 g/mol. The summed E-state index contributed by atoms with van der Waals surface area (Å²) < 4.78 is 5.06. The molecule has 0 unspecified atom stereocenters. The fourth-order valence-electron chi connectivity index (χ4n) is 1.38. The van der Waals surface area contributed by atoms with Gasteiger partial charge in [-0.05, 0) is 19.4 Å². The number of amides is 1. The van der Waals surface area contributed by atoms with E-state index in [1.807, 2.05) is 13.0 Å². The van der Waals surface area contributed by atoms with Gasteiger partial charge in [0.05, 0.1) is 17.9 Å². The SMILES string of the molecule is CCCN(CC#N)C(=O)c1ccoc1C. The van der Waals surface area contributed by atoms with Crippen LogP contribution < -0.4 is 0 Å². The summed E-state index contributed by atoms with van der Waals surface area (Å²) in [6.07, 6.45) is 2.32. The van der Waals surface area contributed by atoms with Gasteiger partial charge in [0.2, 0.25) is 0 Å². The first-order valence-electron chi connectivity index (χ1n) is 4.91. The minimum absolute atomic E-state index is 0.122. The Hall–Kier alpha value is -1.76. The molecule has 0 aromatic carbocycles. The summed E-state index contributed by atoms with van der Waals surface area (Å²) in [7, 11) is 0. The average Bonchev–Trinajstić information content (AvgIpc) is 2.63. The van der Waals surface area contributed by atoms with E-state index in [1.165, 1.54) is 11.2 Å². The maximum atomic E-state index is 11.9. The zero-order chi connectivity index (χ0) is 11.3. The predicted molar refractivity (Wildman–Crippen MR) is 55.3 cm³/mol. The Morgan fingerprint density at radius 3 is 2.87 bits per heavy atom. The maximum Gasteiger partial charge on any atom is 0.258 e. The Labute approximate surface area is 89.1 Å². The van der Waals surface area contributed by atoms with Crippen LogP contribution in [-0.4, -0.2) is 23.9 Å². The number of nitriles is 1. The number of carbonyl (C=O) groups excluding carboxylic acids is 1. The van der Waals surface area contributed by atoms with Gasteiger partial charge in [0, 0.05) is 6.54 Å². The van der Waals surface area contributed by atoms with Crippen LogP contribution in [0.25, 0.3) is 0 Å². The van der Waals surface area contributed by atoms with Gasteiger partial charge in [-0.15, -0.1) is 0 Å². The quantitative estimate of drug-likeness (QED) is 0.707. The highest BCUT2D eigenvalue weighted by molar-refractivity contribution is 5.95. The van der Waals surface area contributed by atoms with Crippen LogP contribution in [0.3, 0.4) is 0 Å². The first-order valence-corrected chi connectivity index (χ1v) is 4.91. The topological polar surface area (TPSA) is 57.2 Å². The molecule has 1 aromatic rings. The van der Waals surface area contributed by atoms with E-state index in [1.54, 1.807) is 13.0 Å². The number of carbonyl (C=O) groups is 1. The predicted octanol–water partition coefficient (Wildman–Crippen LogP) is 1.96. The van der Waals surface area contributed by atoms with Gasteiger partial charge in [-0.2, -0.15) is 5.26 Å². The zero-order valence-corrected chi connectivity index (χ0v) is 8.99. The molecular weight excluding hydrogens is 192 g/mol. The summed E-state index contributed by atoms with van der Waals surface area (Å²) in [5, 5.41) is 8.61. The Balaban J connectivity index is 2.81. The zero-order valence-electron chi connectivity index (χ0n) is 8.99. The Morgan fingerprint density at radius 2 is 2.40 bits per heavy atom. The molecular formula is C11H14N2O2. The smallest absolute Gasteiger partial charge is 0.258 e. The van der Waals surface area contributed by atoms with E-state index >= 15 is 0 Å². The molecule has 0 atom stereocenters. The van der Waals surface area contributed by atoms with Gasteiger partial charge in [-0.1, -0.05) is 6.92 Å². The molecule has 0 aliphatic rings. The van der Waals surface area contributed by atoms with Gasteiger partial charge >= 0.3 is 0 Å². The molecule has 1 amide bonds. The standard InChI is InChI=1S/C11H14N2O2/c1-3-6-13(7-5-12)11(14)10-4-8-15-9(10)2/h4,8H,3,6-7H2,1-2H3. The fourth-order valence-corrected chi connectivity index (χ4v) is 1.38. The van der Waals surface area contributed by atoms with Gasteiger partial charge in [0.15, 0.2) is 0 Å². The molecule has 80 valence electrons. The van der Waals surface area contributed by atoms with Crippen LogP contribution in [0.2, 0.25) is 0 Å². The van der Waals surface area contributed by atoms with Crippen LogP contribution in [0.5, 0.6) is 0 Å². The summed E-state index contributed by atoms with van der Waals surface area (Å²) in [6, 6.07) is 3.63. The summed E-state index contributed by atoms with van der Waals surface area (Å²) >= 11 is 0. The molecule has 0 saturated carbocycles. The van der Waals surface area contributed by atoms with Gasteiger partial charge < -0.3 is 9.32 Å². The summed E-state index contributed by atoms with van der Waals surface area (Å²) in [5.41, 5.74) is 0.540. The van der Waals surface area contributed by atoms with Crippen LogP contribution >= 0.6 is 0 Å². The largest absolute Gasteiger partial charge is 0.469 e. The van der Waals surface area contributed by atoms with E-state index in [-0.39, 0.29) is 12.5 Å². The third-order valence-electron chi connectivity index (χ3n) is 2.13. The number of hydrogen-bond donors (Lipinski definition) is 0. The van der Waals surface area contributed by atoms with E-state index in [2.05, 4.69) is 0 Å². The van der Waals surface area contributed by atoms with Crippen molar-refractivity contribution < 1.29 is 9.21 Å². The van der Waals surface area contributed by atoms with Crippen LogP contribution in [0.4, 0.5) is 0 Å². The molecule has 0 aliphatic carbocycles.